The average molecular weight is 236 g/mol. The molecule has 0 spiro atoms. The molecule has 92 valence electrons. The number of hydrogen-bond donors (Lipinski definition) is 1. The normalized spacial score (nSPS) is 11.2. The summed E-state index contributed by atoms with van der Waals surface area (Å²) in [6.45, 7) is 2.85. The van der Waals surface area contributed by atoms with Gasteiger partial charge in [0.15, 0.2) is 0 Å². The molecule has 0 fully saturated rings. The summed E-state index contributed by atoms with van der Waals surface area (Å²) < 4.78 is 14.7. The molecule has 0 saturated carbocycles. The van der Waals surface area contributed by atoms with Crippen LogP contribution in [0.3, 0.4) is 0 Å². The van der Waals surface area contributed by atoms with E-state index in [9.17, 15) is 9.18 Å². The minimum atomic E-state index is -0.322. The van der Waals surface area contributed by atoms with E-state index in [1.807, 2.05) is 0 Å². The Bertz CT molecular complexity index is 556. The van der Waals surface area contributed by atoms with Crippen molar-refractivity contribution in [3.05, 3.63) is 34.5 Å². The van der Waals surface area contributed by atoms with Crippen molar-refractivity contribution in [1.29, 1.82) is 0 Å². The lowest BCUT2D eigenvalue weighted by Crippen LogP contribution is -2.16. The maximum absolute atomic E-state index is 13.0. The number of aryl methyl sites for hydroxylation is 1. The number of hydrogen-bond acceptors (Lipinski definition) is 1. The van der Waals surface area contributed by atoms with Gasteiger partial charge in [0.1, 0.15) is 5.82 Å². The van der Waals surface area contributed by atoms with Gasteiger partial charge in [-0.15, -0.1) is 0 Å². The van der Waals surface area contributed by atoms with E-state index in [0.717, 1.165) is 18.4 Å². The molecule has 0 amide bonds. The van der Waals surface area contributed by atoms with E-state index >= 15 is 0 Å². The molecule has 0 aliphatic heterocycles. The topological polar surface area (TPSA) is 37.8 Å². The number of benzene rings is 1. The zero-order chi connectivity index (χ0) is 12.3. The molecule has 1 aromatic carbocycles. The van der Waals surface area contributed by atoms with Crippen molar-refractivity contribution in [2.75, 3.05) is 0 Å². The number of rotatable bonds is 5. The molecule has 0 atom stereocenters. The van der Waals surface area contributed by atoms with E-state index < -0.39 is 0 Å². The van der Waals surface area contributed by atoms with Gasteiger partial charge in [-0.25, -0.2) is 9.18 Å². The molecule has 0 bridgehead atoms. The van der Waals surface area contributed by atoms with Crippen LogP contribution in [0.2, 0.25) is 0 Å². The first kappa shape index (κ1) is 11.9. The van der Waals surface area contributed by atoms with E-state index in [-0.39, 0.29) is 11.5 Å². The summed E-state index contributed by atoms with van der Waals surface area (Å²) in [4.78, 5) is 14.4. The largest absolute Gasteiger partial charge is 0.326 e. The molecule has 2 aromatic rings. The third kappa shape index (κ3) is 2.57. The Kier molecular flexibility index (Phi) is 3.61. The first-order valence-corrected chi connectivity index (χ1v) is 6.10. The van der Waals surface area contributed by atoms with Crippen molar-refractivity contribution in [3.8, 4) is 0 Å². The highest BCUT2D eigenvalue weighted by atomic mass is 19.1. The van der Waals surface area contributed by atoms with Crippen molar-refractivity contribution in [1.82, 2.24) is 9.55 Å². The zero-order valence-electron chi connectivity index (χ0n) is 10.0. The number of nitrogens with zero attached hydrogens (tertiary/aromatic N) is 1. The van der Waals surface area contributed by atoms with Gasteiger partial charge in [-0.05, 0) is 24.6 Å². The molecule has 0 aliphatic rings. The average Bonchev–Trinajstić information content (AvgIpc) is 2.60. The summed E-state index contributed by atoms with van der Waals surface area (Å²) in [7, 11) is 0. The Balaban J connectivity index is 2.21. The van der Waals surface area contributed by atoms with Gasteiger partial charge in [0.2, 0.25) is 0 Å². The highest BCUT2D eigenvalue weighted by Crippen LogP contribution is 2.12. The van der Waals surface area contributed by atoms with Crippen molar-refractivity contribution >= 4 is 11.0 Å². The number of fused-ring (bicyclic) bond motifs is 1. The van der Waals surface area contributed by atoms with Crippen LogP contribution in [0.25, 0.3) is 11.0 Å². The Labute approximate surface area is 99.3 Å². The van der Waals surface area contributed by atoms with E-state index in [4.69, 9.17) is 0 Å². The second-order valence-corrected chi connectivity index (χ2v) is 4.30. The molecule has 3 nitrogen and oxygen atoms in total. The number of imidazole rings is 1. The monoisotopic (exact) mass is 236 g/mol. The van der Waals surface area contributed by atoms with Crippen molar-refractivity contribution in [2.24, 2.45) is 0 Å². The van der Waals surface area contributed by atoms with Gasteiger partial charge in [0.25, 0.3) is 0 Å². The van der Waals surface area contributed by atoms with E-state index in [2.05, 4.69) is 11.9 Å². The highest BCUT2D eigenvalue weighted by molar-refractivity contribution is 5.75. The van der Waals surface area contributed by atoms with Crippen LogP contribution in [0.1, 0.15) is 32.6 Å². The number of H-pyrrole nitrogens is 1. The third-order valence-corrected chi connectivity index (χ3v) is 2.97. The third-order valence-electron chi connectivity index (χ3n) is 2.97. The van der Waals surface area contributed by atoms with Gasteiger partial charge in [-0.2, -0.15) is 0 Å². The van der Waals surface area contributed by atoms with Crippen molar-refractivity contribution < 1.29 is 4.39 Å². The van der Waals surface area contributed by atoms with Crippen molar-refractivity contribution in [3.63, 3.8) is 0 Å². The summed E-state index contributed by atoms with van der Waals surface area (Å²) in [5.74, 6) is -0.322. The van der Waals surface area contributed by atoms with Crippen LogP contribution in [0.5, 0.6) is 0 Å². The highest BCUT2D eigenvalue weighted by Gasteiger charge is 2.06. The first-order valence-electron chi connectivity index (χ1n) is 6.10. The molecule has 1 N–H and O–H groups in total. The molecule has 0 saturated heterocycles. The summed E-state index contributed by atoms with van der Waals surface area (Å²) in [6, 6.07) is 4.40. The summed E-state index contributed by atoms with van der Waals surface area (Å²) in [6.07, 6.45) is 4.47. The summed E-state index contributed by atoms with van der Waals surface area (Å²) in [5.41, 5.74) is 1.21. The molecule has 1 aromatic heterocycles. The quantitative estimate of drug-likeness (QED) is 0.796. The van der Waals surface area contributed by atoms with Gasteiger partial charge >= 0.3 is 5.69 Å². The maximum atomic E-state index is 13.0. The predicted octanol–water partition coefficient (Wildman–Crippen LogP) is 3.05. The fourth-order valence-electron chi connectivity index (χ4n) is 2.05. The van der Waals surface area contributed by atoms with Gasteiger partial charge in [0.05, 0.1) is 11.0 Å². The van der Waals surface area contributed by atoms with Gasteiger partial charge < -0.3 is 4.98 Å². The molecule has 17 heavy (non-hydrogen) atoms. The molecular formula is C13H17FN2O. The minimum absolute atomic E-state index is 0.151. The molecule has 1 heterocycles. The molecule has 4 heteroatoms. The van der Waals surface area contributed by atoms with Crippen LogP contribution >= 0.6 is 0 Å². The van der Waals surface area contributed by atoms with Crippen LogP contribution in [0, 0.1) is 5.82 Å². The fraction of sp³-hybridized carbons (Fsp3) is 0.462. The Morgan fingerprint density at radius 3 is 2.88 bits per heavy atom. The number of halogens is 1. The fourth-order valence-corrected chi connectivity index (χ4v) is 2.05. The van der Waals surface area contributed by atoms with E-state index in [1.165, 1.54) is 25.0 Å². The SMILES string of the molecule is CCCCCCn1c(=O)[nH]c2cc(F)ccc21. The Morgan fingerprint density at radius 2 is 2.12 bits per heavy atom. The Morgan fingerprint density at radius 1 is 1.29 bits per heavy atom. The van der Waals surface area contributed by atoms with Crippen LogP contribution < -0.4 is 5.69 Å². The lowest BCUT2D eigenvalue weighted by atomic mass is 10.2. The summed E-state index contributed by atoms with van der Waals surface area (Å²) in [5, 5.41) is 0. The standard InChI is InChI=1S/C13H17FN2O/c1-2-3-4-5-8-16-12-7-6-10(14)9-11(12)15-13(16)17/h6-7,9H,2-5,8H2,1H3,(H,15,17). The van der Waals surface area contributed by atoms with E-state index in [1.54, 1.807) is 10.6 Å². The lowest BCUT2D eigenvalue weighted by Gasteiger charge is -2.02. The molecule has 2 rings (SSSR count). The van der Waals surface area contributed by atoms with E-state index in [0.29, 0.717) is 12.1 Å². The number of aromatic amines is 1. The lowest BCUT2D eigenvalue weighted by molar-refractivity contribution is 0.581. The van der Waals surface area contributed by atoms with Gasteiger partial charge in [0, 0.05) is 6.54 Å². The van der Waals surface area contributed by atoms with Crippen LogP contribution in [-0.2, 0) is 6.54 Å². The smallest absolute Gasteiger partial charge is 0.305 e. The molecule has 0 radical (unpaired) electrons. The number of nitrogens with one attached hydrogen (secondary N) is 1. The Hall–Kier alpha value is -1.58. The van der Waals surface area contributed by atoms with Gasteiger partial charge in [-0.3, -0.25) is 4.57 Å². The maximum Gasteiger partial charge on any atom is 0.326 e. The molecule has 0 unspecified atom stereocenters. The predicted molar refractivity (Wildman–Crippen MR) is 66.7 cm³/mol. The number of unbranched alkanes of at least 4 members (excludes halogenated alkanes) is 3. The van der Waals surface area contributed by atoms with Crippen LogP contribution in [-0.4, -0.2) is 9.55 Å². The van der Waals surface area contributed by atoms with Gasteiger partial charge in [-0.1, -0.05) is 26.2 Å². The second-order valence-electron chi connectivity index (χ2n) is 4.30. The second kappa shape index (κ2) is 5.17. The van der Waals surface area contributed by atoms with Crippen molar-refractivity contribution in [2.45, 2.75) is 39.2 Å². The van der Waals surface area contributed by atoms with Crippen LogP contribution in [0.15, 0.2) is 23.0 Å². The zero-order valence-corrected chi connectivity index (χ0v) is 10.0. The van der Waals surface area contributed by atoms with Crippen LogP contribution in [0.4, 0.5) is 4.39 Å². The first-order chi connectivity index (χ1) is 8.22. The summed E-state index contributed by atoms with van der Waals surface area (Å²) >= 11 is 0. The molecule has 0 aliphatic carbocycles. The number of aromatic nitrogens is 2. The molecular weight excluding hydrogens is 219 g/mol. The minimum Gasteiger partial charge on any atom is -0.305 e.